The molecule has 2 heterocycles. The summed E-state index contributed by atoms with van der Waals surface area (Å²) in [6, 6.07) is 0. The third-order valence-electron chi connectivity index (χ3n) is 4.40. The molecular formula is C16H30N2O2. The zero-order chi connectivity index (χ0) is 14.2. The Hall–Kier alpha value is -0.420. The van der Waals surface area contributed by atoms with Gasteiger partial charge in [-0.25, -0.2) is 0 Å². The fourth-order valence-electron chi connectivity index (χ4n) is 3.31. The number of hydrogen-bond acceptors (Lipinski definition) is 4. The average Bonchev–Trinajstić information content (AvgIpc) is 2.46. The summed E-state index contributed by atoms with van der Waals surface area (Å²) in [7, 11) is 0. The first-order chi connectivity index (χ1) is 9.78. The second-order valence-corrected chi connectivity index (χ2v) is 6.20. The topological polar surface area (TPSA) is 35.9 Å². The average molecular weight is 282 g/mol. The molecule has 4 heteroatoms. The van der Waals surface area contributed by atoms with Crippen molar-refractivity contribution in [3.8, 4) is 0 Å². The molecule has 0 aromatic carbocycles. The first-order valence-corrected chi connectivity index (χ1v) is 8.09. The quantitative estimate of drug-likeness (QED) is 0.715. The molecule has 2 unspecified atom stereocenters. The van der Waals surface area contributed by atoms with Crippen molar-refractivity contribution in [1.82, 2.24) is 9.80 Å². The van der Waals surface area contributed by atoms with Gasteiger partial charge in [0.2, 0.25) is 0 Å². The van der Waals surface area contributed by atoms with Crippen LogP contribution in [0.4, 0.5) is 0 Å². The van der Waals surface area contributed by atoms with E-state index in [9.17, 15) is 5.11 Å². The summed E-state index contributed by atoms with van der Waals surface area (Å²) >= 11 is 0. The Kier molecular flexibility index (Phi) is 7.00. The number of rotatable bonds is 7. The summed E-state index contributed by atoms with van der Waals surface area (Å²) < 4.78 is 5.41. The summed E-state index contributed by atoms with van der Waals surface area (Å²) in [5.41, 5.74) is 0. The minimum absolute atomic E-state index is 0.199. The molecule has 20 heavy (non-hydrogen) atoms. The number of ether oxygens (including phenoxy) is 1. The van der Waals surface area contributed by atoms with Crippen LogP contribution in [-0.4, -0.2) is 73.5 Å². The number of allylic oxidation sites excluding steroid dienone is 1. The normalized spacial score (nSPS) is 27.4. The number of morpholine rings is 1. The van der Waals surface area contributed by atoms with Crippen LogP contribution >= 0.6 is 0 Å². The van der Waals surface area contributed by atoms with E-state index in [1.807, 2.05) is 6.08 Å². The molecule has 1 N–H and O–H groups in total. The van der Waals surface area contributed by atoms with E-state index in [1.54, 1.807) is 0 Å². The van der Waals surface area contributed by atoms with Crippen LogP contribution in [0, 0.1) is 5.92 Å². The van der Waals surface area contributed by atoms with Crippen molar-refractivity contribution >= 4 is 0 Å². The van der Waals surface area contributed by atoms with Gasteiger partial charge in [-0.15, -0.1) is 6.58 Å². The van der Waals surface area contributed by atoms with Gasteiger partial charge in [-0.3, -0.25) is 4.90 Å². The Morgan fingerprint density at radius 2 is 2.05 bits per heavy atom. The molecule has 0 aromatic heterocycles. The molecule has 2 fully saturated rings. The molecule has 2 rings (SSSR count). The molecule has 0 aromatic rings. The van der Waals surface area contributed by atoms with Crippen molar-refractivity contribution < 1.29 is 9.84 Å². The minimum Gasteiger partial charge on any atom is -0.392 e. The number of aliphatic hydroxyl groups excluding tert-OH is 1. The Balaban J connectivity index is 1.69. The van der Waals surface area contributed by atoms with Gasteiger partial charge in [-0.2, -0.15) is 0 Å². The van der Waals surface area contributed by atoms with E-state index in [-0.39, 0.29) is 6.10 Å². The van der Waals surface area contributed by atoms with Gasteiger partial charge in [0.05, 0.1) is 19.3 Å². The van der Waals surface area contributed by atoms with E-state index in [1.165, 1.54) is 19.4 Å². The van der Waals surface area contributed by atoms with E-state index in [0.29, 0.717) is 0 Å². The van der Waals surface area contributed by atoms with E-state index in [2.05, 4.69) is 16.4 Å². The van der Waals surface area contributed by atoms with Gasteiger partial charge in [0, 0.05) is 32.7 Å². The lowest BCUT2D eigenvalue weighted by atomic mass is 9.96. The molecule has 0 spiro atoms. The molecule has 2 atom stereocenters. The van der Waals surface area contributed by atoms with Crippen molar-refractivity contribution in [1.29, 1.82) is 0 Å². The third-order valence-corrected chi connectivity index (χ3v) is 4.40. The van der Waals surface area contributed by atoms with Gasteiger partial charge in [-0.05, 0) is 38.1 Å². The highest BCUT2D eigenvalue weighted by Crippen LogP contribution is 2.19. The summed E-state index contributed by atoms with van der Waals surface area (Å²) in [5.74, 6) is 0.758. The molecular weight excluding hydrogens is 252 g/mol. The smallest absolute Gasteiger partial charge is 0.0670 e. The Labute approximate surface area is 123 Å². The molecule has 0 bridgehead atoms. The van der Waals surface area contributed by atoms with E-state index in [4.69, 9.17) is 4.74 Å². The van der Waals surface area contributed by atoms with E-state index in [0.717, 1.165) is 64.7 Å². The fourth-order valence-corrected chi connectivity index (χ4v) is 3.31. The van der Waals surface area contributed by atoms with Crippen molar-refractivity contribution in [3.63, 3.8) is 0 Å². The molecule has 116 valence electrons. The number of aliphatic hydroxyl groups is 1. The summed E-state index contributed by atoms with van der Waals surface area (Å²) in [6.07, 6.45) is 6.04. The monoisotopic (exact) mass is 282 g/mol. The van der Waals surface area contributed by atoms with E-state index >= 15 is 0 Å². The Morgan fingerprint density at radius 3 is 2.80 bits per heavy atom. The van der Waals surface area contributed by atoms with Gasteiger partial charge in [0.25, 0.3) is 0 Å². The summed E-state index contributed by atoms with van der Waals surface area (Å²) in [5, 5.41) is 10.0. The third kappa shape index (κ3) is 5.52. The predicted octanol–water partition coefficient (Wildman–Crippen LogP) is 1.36. The van der Waals surface area contributed by atoms with Crippen molar-refractivity contribution in [2.75, 3.05) is 52.5 Å². The first kappa shape index (κ1) is 16.0. The van der Waals surface area contributed by atoms with Crippen LogP contribution in [0.1, 0.15) is 25.7 Å². The lowest BCUT2D eigenvalue weighted by Gasteiger charge is -2.37. The van der Waals surface area contributed by atoms with E-state index < -0.39 is 0 Å². The summed E-state index contributed by atoms with van der Waals surface area (Å²) in [4.78, 5) is 4.98. The maximum absolute atomic E-state index is 10.0. The van der Waals surface area contributed by atoms with Crippen molar-refractivity contribution in [2.24, 2.45) is 5.92 Å². The highest BCUT2D eigenvalue weighted by molar-refractivity contribution is 4.79. The standard InChI is InChI=1S/C16H30N2O2/c1-2-3-6-16(19)14-18-7-4-5-15(13-18)12-17-8-10-20-11-9-17/h2,15-16,19H,1,3-14H2. The molecule has 0 radical (unpaired) electrons. The van der Waals surface area contributed by atoms with Crippen LogP contribution in [0.2, 0.25) is 0 Å². The van der Waals surface area contributed by atoms with Gasteiger partial charge in [0.1, 0.15) is 0 Å². The van der Waals surface area contributed by atoms with Gasteiger partial charge >= 0.3 is 0 Å². The number of piperidine rings is 1. The molecule has 0 amide bonds. The lowest BCUT2D eigenvalue weighted by molar-refractivity contribution is 0.0185. The Bertz CT molecular complexity index is 280. The highest BCUT2D eigenvalue weighted by atomic mass is 16.5. The fraction of sp³-hybridized carbons (Fsp3) is 0.875. The molecule has 2 saturated heterocycles. The van der Waals surface area contributed by atoms with Crippen LogP contribution in [0.25, 0.3) is 0 Å². The molecule has 2 aliphatic heterocycles. The van der Waals surface area contributed by atoms with Crippen molar-refractivity contribution in [3.05, 3.63) is 12.7 Å². The second-order valence-electron chi connectivity index (χ2n) is 6.20. The largest absolute Gasteiger partial charge is 0.392 e. The van der Waals surface area contributed by atoms with Gasteiger partial charge in [-0.1, -0.05) is 6.08 Å². The van der Waals surface area contributed by atoms with Gasteiger partial charge in [0.15, 0.2) is 0 Å². The minimum atomic E-state index is -0.199. The number of likely N-dealkylation sites (tertiary alicyclic amines) is 1. The first-order valence-electron chi connectivity index (χ1n) is 8.09. The number of hydrogen-bond donors (Lipinski definition) is 1. The maximum atomic E-state index is 10.0. The zero-order valence-electron chi connectivity index (χ0n) is 12.7. The number of nitrogens with zero attached hydrogens (tertiary/aromatic N) is 2. The summed E-state index contributed by atoms with van der Waals surface area (Å²) in [6.45, 7) is 12.0. The molecule has 0 saturated carbocycles. The maximum Gasteiger partial charge on any atom is 0.0670 e. The highest BCUT2D eigenvalue weighted by Gasteiger charge is 2.24. The lowest BCUT2D eigenvalue weighted by Crippen LogP contribution is -2.46. The Morgan fingerprint density at radius 1 is 1.25 bits per heavy atom. The van der Waals surface area contributed by atoms with Crippen LogP contribution in [0.5, 0.6) is 0 Å². The number of β-amino-alcohol motifs (C(OH)–C–C–N with tert-alkyl or cyclic N) is 1. The second kappa shape index (κ2) is 8.78. The molecule has 0 aliphatic carbocycles. The van der Waals surface area contributed by atoms with Crippen LogP contribution in [-0.2, 0) is 4.74 Å². The predicted molar refractivity (Wildman–Crippen MR) is 81.9 cm³/mol. The molecule has 4 nitrogen and oxygen atoms in total. The zero-order valence-corrected chi connectivity index (χ0v) is 12.7. The molecule has 2 aliphatic rings. The van der Waals surface area contributed by atoms with Crippen molar-refractivity contribution in [2.45, 2.75) is 31.8 Å². The van der Waals surface area contributed by atoms with Crippen LogP contribution < -0.4 is 0 Å². The van der Waals surface area contributed by atoms with Crippen LogP contribution in [0.3, 0.4) is 0 Å². The van der Waals surface area contributed by atoms with Gasteiger partial charge < -0.3 is 14.7 Å². The van der Waals surface area contributed by atoms with Crippen LogP contribution in [0.15, 0.2) is 12.7 Å². The SMILES string of the molecule is C=CCCC(O)CN1CCCC(CN2CCOCC2)C1.